The number of carboxylic acid groups (broad SMARTS) is 1. The second-order valence-corrected chi connectivity index (χ2v) is 5.69. The third-order valence-corrected chi connectivity index (χ3v) is 3.89. The second kappa shape index (κ2) is 6.13. The Hall–Kier alpha value is -2.43. The molecule has 0 bridgehead atoms. The molecule has 0 amide bonds. The maximum absolute atomic E-state index is 11.3. The lowest BCUT2D eigenvalue weighted by molar-refractivity contribution is 0.0690. The highest BCUT2D eigenvalue weighted by atomic mass is 16.4. The zero-order valence-corrected chi connectivity index (χ0v) is 12.6. The molecule has 0 saturated carbocycles. The van der Waals surface area contributed by atoms with Crippen LogP contribution in [0.3, 0.4) is 0 Å². The van der Waals surface area contributed by atoms with Crippen molar-refractivity contribution in [1.82, 2.24) is 9.97 Å². The van der Waals surface area contributed by atoms with Crippen LogP contribution < -0.4 is 4.90 Å². The van der Waals surface area contributed by atoms with E-state index in [1.165, 1.54) is 5.56 Å². The van der Waals surface area contributed by atoms with Gasteiger partial charge in [0.2, 0.25) is 0 Å². The fourth-order valence-corrected chi connectivity index (χ4v) is 2.67. The molecule has 0 atom stereocenters. The number of nitrogens with zero attached hydrogens (tertiary/aromatic N) is 3. The largest absolute Gasteiger partial charge is 0.477 e. The first-order valence-electron chi connectivity index (χ1n) is 7.53. The van der Waals surface area contributed by atoms with Gasteiger partial charge in [-0.15, -0.1) is 0 Å². The quantitative estimate of drug-likeness (QED) is 0.940. The van der Waals surface area contributed by atoms with E-state index >= 15 is 0 Å². The van der Waals surface area contributed by atoms with E-state index in [0.29, 0.717) is 12.2 Å². The standard InChI is InChI=1S/C17H19N3O2/c1-12-4-6-13(7-5-12)10-15-18-14(17(21)22)11-16(19-15)20-8-2-3-9-20/h4-7,11H,2-3,8-10H2,1H3,(H,21,22). The van der Waals surface area contributed by atoms with E-state index in [4.69, 9.17) is 0 Å². The van der Waals surface area contributed by atoms with Gasteiger partial charge in [0, 0.05) is 25.6 Å². The lowest BCUT2D eigenvalue weighted by Gasteiger charge is -2.17. The number of aromatic carboxylic acids is 1. The minimum atomic E-state index is -1.01. The molecule has 5 heteroatoms. The van der Waals surface area contributed by atoms with E-state index in [1.807, 2.05) is 31.2 Å². The van der Waals surface area contributed by atoms with Crippen molar-refractivity contribution in [3.63, 3.8) is 0 Å². The van der Waals surface area contributed by atoms with Gasteiger partial charge in [-0.3, -0.25) is 0 Å². The summed E-state index contributed by atoms with van der Waals surface area (Å²) in [5.74, 6) is 0.283. The fourth-order valence-electron chi connectivity index (χ4n) is 2.67. The van der Waals surface area contributed by atoms with Crippen LogP contribution >= 0.6 is 0 Å². The van der Waals surface area contributed by atoms with Gasteiger partial charge in [-0.05, 0) is 25.3 Å². The predicted molar refractivity (Wildman–Crippen MR) is 84.4 cm³/mol. The van der Waals surface area contributed by atoms with Crippen molar-refractivity contribution in [3.8, 4) is 0 Å². The highest BCUT2D eigenvalue weighted by Crippen LogP contribution is 2.20. The highest BCUT2D eigenvalue weighted by Gasteiger charge is 2.18. The van der Waals surface area contributed by atoms with Crippen LogP contribution in [0.2, 0.25) is 0 Å². The van der Waals surface area contributed by atoms with Gasteiger partial charge in [-0.1, -0.05) is 29.8 Å². The molecule has 1 aliphatic heterocycles. The van der Waals surface area contributed by atoms with Gasteiger partial charge in [-0.2, -0.15) is 0 Å². The molecule has 1 saturated heterocycles. The molecular weight excluding hydrogens is 278 g/mol. The molecule has 5 nitrogen and oxygen atoms in total. The van der Waals surface area contributed by atoms with Gasteiger partial charge in [-0.25, -0.2) is 14.8 Å². The first kappa shape index (κ1) is 14.5. The number of hydrogen-bond acceptors (Lipinski definition) is 4. The number of aryl methyl sites for hydroxylation is 1. The highest BCUT2D eigenvalue weighted by molar-refractivity contribution is 5.86. The van der Waals surface area contributed by atoms with Crippen molar-refractivity contribution in [1.29, 1.82) is 0 Å². The van der Waals surface area contributed by atoms with E-state index in [2.05, 4.69) is 14.9 Å². The molecule has 114 valence electrons. The Morgan fingerprint density at radius 3 is 2.50 bits per heavy atom. The summed E-state index contributed by atoms with van der Waals surface area (Å²) >= 11 is 0. The van der Waals surface area contributed by atoms with Crippen molar-refractivity contribution >= 4 is 11.8 Å². The third-order valence-electron chi connectivity index (χ3n) is 3.89. The van der Waals surface area contributed by atoms with Gasteiger partial charge in [0.25, 0.3) is 0 Å². The topological polar surface area (TPSA) is 66.3 Å². The summed E-state index contributed by atoms with van der Waals surface area (Å²) in [6.07, 6.45) is 2.79. The Morgan fingerprint density at radius 2 is 1.86 bits per heavy atom. The van der Waals surface area contributed by atoms with E-state index < -0.39 is 5.97 Å². The van der Waals surface area contributed by atoms with Crippen LogP contribution in [-0.2, 0) is 6.42 Å². The SMILES string of the molecule is Cc1ccc(Cc2nc(C(=O)O)cc(N3CCCC3)n2)cc1. The fraction of sp³-hybridized carbons (Fsp3) is 0.353. The smallest absolute Gasteiger partial charge is 0.354 e. The molecule has 0 radical (unpaired) electrons. The molecule has 1 aromatic heterocycles. The summed E-state index contributed by atoms with van der Waals surface area (Å²) in [6, 6.07) is 9.71. The van der Waals surface area contributed by atoms with Crippen LogP contribution in [0.4, 0.5) is 5.82 Å². The van der Waals surface area contributed by atoms with E-state index in [-0.39, 0.29) is 5.69 Å². The monoisotopic (exact) mass is 297 g/mol. The minimum absolute atomic E-state index is 0.0685. The Balaban J connectivity index is 1.91. The van der Waals surface area contributed by atoms with Crippen LogP contribution in [0.25, 0.3) is 0 Å². The molecule has 22 heavy (non-hydrogen) atoms. The Labute approximate surface area is 129 Å². The molecule has 3 rings (SSSR count). The number of hydrogen-bond donors (Lipinski definition) is 1. The summed E-state index contributed by atoms with van der Waals surface area (Å²) in [7, 11) is 0. The first-order chi connectivity index (χ1) is 10.6. The van der Waals surface area contributed by atoms with E-state index in [0.717, 1.165) is 37.3 Å². The number of benzene rings is 1. The number of anilines is 1. The van der Waals surface area contributed by atoms with Crippen LogP contribution in [0.5, 0.6) is 0 Å². The first-order valence-corrected chi connectivity index (χ1v) is 7.53. The molecule has 2 aromatic rings. The van der Waals surface area contributed by atoms with Crippen molar-refractivity contribution in [2.45, 2.75) is 26.2 Å². The van der Waals surface area contributed by atoms with E-state index in [1.54, 1.807) is 6.07 Å². The zero-order chi connectivity index (χ0) is 15.5. The molecule has 1 aromatic carbocycles. The lowest BCUT2D eigenvalue weighted by atomic mass is 10.1. The molecule has 2 heterocycles. The van der Waals surface area contributed by atoms with Crippen molar-refractivity contribution in [2.24, 2.45) is 0 Å². The van der Waals surface area contributed by atoms with Crippen LogP contribution in [0.1, 0.15) is 40.3 Å². The molecule has 1 N–H and O–H groups in total. The van der Waals surface area contributed by atoms with Crippen LogP contribution in [-0.4, -0.2) is 34.1 Å². The summed E-state index contributed by atoms with van der Waals surface area (Å²) in [5.41, 5.74) is 2.35. The summed E-state index contributed by atoms with van der Waals surface area (Å²) < 4.78 is 0. The Bertz CT molecular complexity index is 677. The molecule has 1 aliphatic rings. The molecule has 0 unspecified atom stereocenters. The zero-order valence-electron chi connectivity index (χ0n) is 12.6. The van der Waals surface area contributed by atoms with Crippen molar-refractivity contribution < 1.29 is 9.90 Å². The molecule has 0 aliphatic carbocycles. The average Bonchev–Trinajstić information content (AvgIpc) is 3.04. The Morgan fingerprint density at radius 1 is 1.18 bits per heavy atom. The van der Waals surface area contributed by atoms with Gasteiger partial charge in [0.1, 0.15) is 11.6 Å². The van der Waals surface area contributed by atoms with Crippen LogP contribution in [0.15, 0.2) is 30.3 Å². The third kappa shape index (κ3) is 3.24. The second-order valence-electron chi connectivity index (χ2n) is 5.69. The normalized spacial score (nSPS) is 14.3. The predicted octanol–water partition coefficient (Wildman–Crippen LogP) is 2.67. The summed E-state index contributed by atoms with van der Waals surface area (Å²) in [6.45, 7) is 3.90. The number of carboxylic acids is 1. The van der Waals surface area contributed by atoms with Gasteiger partial charge < -0.3 is 10.0 Å². The molecule has 0 spiro atoms. The number of aromatic nitrogens is 2. The van der Waals surface area contributed by atoms with Crippen molar-refractivity contribution in [2.75, 3.05) is 18.0 Å². The Kier molecular flexibility index (Phi) is 4.04. The minimum Gasteiger partial charge on any atom is -0.477 e. The maximum Gasteiger partial charge on any atom is 0.354 e. The number of carbonyl (C=O) groups is 1. The van der Waals surface area contributed by atoms with Crippen LogP contribution in [0, 0.1) is 6.92 Å². The van der Waals surface area contributed by atoms with Crippen molar-refractivity contribution in [3.05, 3.63) is 53.0 Å². The van der Waals surface area contributed by atoms with Gasteiger partial charge >= 0.3 is 5.97 Å². The van der Waals surface area contributed by atoms with Gasteiger partial charge in [0.15, 0.2) is 5.69 Å². The van der Waals surface area contributed by atoms with Gasteiger partial charge in [0.05, 0.1) is 0 Å². The molecule has 1 fully saturated rings. The lowest BCUT2D eigenvalue weighted by Crippen LogP contribution is -2.21. The molecular formula is C17H19N3O2. The number of rotatable bonds is 4. The maximum atomic E-state index is 11.3. The average molecular weight is 297 g/mol. The summed E-state index contributed by atoms with van der Waals surface area (Å²) in [4.78, 5) is 22.2. The summed E-state index contributed by atoms with van der Waals surface area (Å²) in [5, 5.41) is 9.27. The van der Waals surface area contributed by atoms with E-state index in [9.17, 15) is 9.90 Å².